The summed E-state index contributed by atoms with van der Waals surface area (Å²) in [6, 6.07) is 4.42. The van der Waals surface area contributed by atoms with E-state index in [2.05, 4.69) is 0 Å². The fourth-order valence-corrected chi connectivity index (χ4v) is 4.09. The Morgan fingerprint density at radius 1 is 1.29 bits per heavy atom. The summed E-state index contributed by atoms with van der Waals surface area (Å²) in [5.74, 6) is -1.36. The minimum absolute atomic E-state index is 0.0983. The fourth-order valence-electron chi connectivity index (χ4n) is 1.64. The highest BCUT2D eigenvalue weighted by Gasteiger charge is 2.41. The van der Waals surface area contributed by atoms with Gasteiger partial charge in [0.2, 0.25) is 5.85 Å². The van der Waals surface area contributed by atoms with E-state index in [0.717, 1.165) is 0 Å². The van der Waals surface area contributed by atoms with Gasteiger partial charge in [0.05, 0.1) is 13.2 Å². The molecule has 0 aliphatic carbocycles. The molecule has 1 atom stereocenters. The van der Waals surface area contributed by atoms with E-state index < -0.39 is 19.5 Å². The molecule has 6 nitrogen and oxygen atoms in total. The van der Waals surface area contributed by atoms with Crippen LogP contribution in [0.4, 0.5) is 4.79 Å². The third kappa shape index (κ3) is 4.87. The summed E-state index contributed by atoms with van der Waals surface area (Å²) < 4.78 is 28.1. The first-order valence-electron chi connectivity index (χ1n) is 6.13. The Morgan fingerprint density at radius 3 is 2.29 bits per heavy atom. The van der Waals surface area contributed by atoms with Gasteiger partial charge in [-0.1, -0.05) is 29.3 Å². The van der Waals surface area contributed by atoms with Crippen LogP contribution in [0, 0.1) is 0 Å². The highest BCUT2D eigenvalue weighted by Crippen LogP contribution is 2.62. The summed E-state index contributed by atoms with van der Waals surface area (Å²) in [4.78, 5) is 11.1. The first kappa shape index (κ1) is 18.3. The molecular formula is C12H16Cl2NO5P. The zero-order valence-electron chi connectivity index (χ0n) is 11.5. The van der Waals surface area contributed by atoms with E-state index >= 15 is 0 Å². The number of benzene rings is 1. The van der Waals surface area contributed by atoms with Crippen molar-refractivity contribution in [2.75, 3.05) is 13.2 Å². The van der Waals surface area contributed by atoms with Crippen LogP contribution in [0.5, 0.6) is 0 Å². The minimum atomic E-state index is -3.80. The Kier molecular flexibility index (Phi) is 6.97. The molecular weight excluding hydrogens is 340 g/mol. The molecule has 1 aromatic rings. The number of rotatable bonds is 7. The van der Waals surface area contributed by atoms with Crippen LogP contribution in [-0.2, 0) is 18.3 Å². The molecule has 0 aliphatic heterocycles. The monoisotopic (exact) mass is 355 g/mol. The zero-order valence-corrected chi connectivity index (χ0v) is 14.0. The number of ether oxygens (including phenoxy) is 1. The quantitative estimate of drug-likeness (QED) is 0.734. The largest absolute Gasteiger partial charge is 0.428 e. The van der Waals surface area contributed by atoms with Crippen molar-refractivity contribution in [2.45, 2.75) is 19.7 Å². The number of hydrogen-bond acceptors (Lipinski definition) is 5. The van der Waals surface area contributed by atoms with Crippen LogP contribution in [0.25, 0.3) is 0 Å². The summed E-state index contributed by atoms with van der Waals surface area (Å²) in [5.41, 5.74) is 5.28. The maximum absolute atomic E-state index is 12.8. The van der Waals surface area contributed by atoms with Crippen molar-refractivity contribution in [1.82, 2.24) is 0 Å². The Hall–Kier alpha value is -0.780. The number of hydrogen-bond donors (Lipinski definition) is 1. The standard InChI is InChI=1S/C12H16Cl2NO5P/c1-3-18-21(17,19-4-2)11(20-12(15)16)9-6-5-8(13)7-10(9)14/h5-7,11H,3-4H2,1-2H3,(H2,15,16). The lowest BCUT2D eigenvalue weighted by Gasteiger charge is -2.26. The molecule has 1 rings (SSSR count). The van der Waals surface area contributed by atoms with Gasteiger partial charge in [-0.3, -0.25) is 4.57 Å². The number of carbonyl (C=O) groups is 1. The third-order valence-corrected chi connectivity index (χ3v) is 5.12. The summed E-state index contributed by atoms with van der Waals surface area (Å²) in [7, 11) is -3.80. The van der Waals surface area contributed by atoms with Gasteiger partial charge in [0.15, 0.2) is 0 Å². The van der Waals surface area contributed by atoms with Crippen LogP contribution in [0.1, 0.15) is 25.3 Å². The smallest absolute Gasteiger partial charge is 0.405 e. The Bertz CT molecular complexity index is 544. The maximum Gasteiger partial charge on any atom is 0.405 e. The minimum Gasteiger partial charge on any atom is -0.428 e. The first-order valence-corrected chi connectivity index (χ1v) is 8.50. The molecule has 0 spiro atoms. The van der Waals surface area contributed by atoms with E-state index in [0.29, 0.717) is 5.02 Å². The molecule has 0 aliphatic rings. The van der Waals surface area contributed by atoms with Gasteiger partial charge in [0, 0.05) is 15.6 Å². The van der Waals surface area contributed by atoms with Gasteiger partial charge >= 0.3 is 13.7 Å². The van der Waals surface area contributed by atoms with E-state index in [-0.39, 0.29) is 23.8 Å². The lowest BCUT2D eigenvalue weighted by Crippen LogP contribution is -2.19. The SMILES string of the molecule is CCOP(=O)(OCC)C(OC(N)=O)c1ccc(Cl)cc1Cl. The number of nitrogens with two attached hydrogens (primary N) is 1. The molecule has 0 bridgehead atoms. The van der Waals surface area contributed by atoms with Gasteiger partial charge in [0.25, 0.3) is 0 Å². The molecule has 1 aromatic carbocycles. The van der Waals surface area contributed by atoms with Gasteiger partial charge in [-0.05, 0) is 26.0 Å². The van der Waals surface area contributed by atoms with Crippen molar-refractivity contribution in [2.24, 2.45) is 5.73 Å². The van der Waals surface area contributed by atoms with E-state index in [1.54, 1.807) is 13.8 Å². The van der Waals surface area contributed by atoms with Crippen molar-refractivity contribution in [3.63, 3.8) is 0 Å². The molecule has 2 N–H and O–H groups in total. The predicted octanol–water partition coefficient (Wildman–Crippen LogP) is 4.35. The molecule has 9 heteroatoms. The van der Waals surface area contributed by atoms with Gasteiger partial charge in [-0.25, -0.2) is 4.79 Å². The van der Waals surface area contributed by atoms with Crippen LogP contribution >= 0.6 is 30.8 Å². The van der Waals surface area contributed by atoms with Crippen molar-refractivity contribution in [1.29, 1.82) is 0 Å². The van der Waals surface area contributed by atoms with Crippen molar-refractivity contribution >= 4 is 36.9 Å². The summed E-state index contributed by atoms with van der Waals surface area (Å²) in [6.07, 6.45) is -1.12. The van der Waals surface area contributed by atoms with E-state index in [1.807, 2.05) is 0 Å². The molecule has 1 amide bonds. The average Bonchev–Trinajstić information content (AvgIpc) is 2.37. The van der Waals surface area contributed by atoms with E-state index in [4.69, 9.17) is 42.7 Å². The molecule has 0 saturated heterocycles. The summed E-state index contributed by atoms with van der Waals surface area (Å²) >= 11 is 11.9. The van der Waals surface area contributed by atoms with Crippen LogP contribution in [0.2, 0.25) is 10.0 Å². The second kappa shape index (κ2) is 8.01. The molecule has 0 radical (unpaired) electrons. The van der Waals surface area contributed by atoms with E-state index in [9.17, 15) is 9.36 Å². The molecule has 21 heavy (non-hydrogen) atoms. The van der Waals surface area contributed by atoms with Gasteiger partial charge in [-0.2, -0.15) is 0 Å². The van der Waals surface area contributed by atoms with Crippen molar-refractivity contribution in [3.8, 4) is 0 Å². The Balaban J connectivity index is 3.32. The lowest BCUT2D eigenvalue weighted by molar-refractivity contribution is 0.109. The van der Waals surface area contributed by atoms with Crippen LogP contribution < -0.4 is 5.73 Å². The molecule has 118 valence electrons. The number of halogens is 2. The fraction of sp³-hybridized carbons (Fsp3) is 0.417. The zero-order chi connectivity index (χ0) is 16.0. The van der Waals surface area contributed by atoms with Crippen molar-refractivity contribution < 1.29 is 23.1 Å². The van der Waals surface area contributed by atoms with Crippen molar-refractivity contribution in [3.05, 3.63) is 33.8 Å². The average molecular weight is 356 g/mol. The maximum atomic E-state index is 12.8. The third-order valence-electron chi connectivity index (χ3n) is 2.36. The Morgan fingerprint density at radius 2 is 1.86 bits per heavy atom. The topological polar surface area (TPSA) is 87.8 Å². The molecule has 1 unspecified atom stereocenters. The van der Waals surface area contributed by atoms with Gasteiger partial charge in [-0.15, -0.1) is 0 Å². The summed E-state index contributed by atoms with van der Waals surface area (Å²) in [6.45, 7) is 3.47. The van der Waals surface area contributed by atoms with Crippen LogP contribution in [-0.4, -0.2) is 19.3 Å². The van der Waals surface area contributed by atoms with Crippen LogP contribution in [0.3, 0.4) is 0 Å². The van der Waals surface area contributed by atoms with Gasteiger partial charge in [0.1, 0.15) is 0 Å². The first-order chi connectivity index (χ1) is 9.84. The predicted molar refractivity (Wildman–Crippen MR) is 80.7 cm³/mol. The highest BCUT2D eigenvalue weighted by molar-refractivity contribution is 7.54. The molecule has 0 heterocycles. The molecule has 0 fully saturated rings. The lowest BCUT2D eigenvalue weighted by atomic mass is 10.2. The Labute approximate surface area is 133 Å². The van der Waals surface area contributed by atoms with Gasteiger partial charge < -0.3 is 19.5 Å². The van der Waals surface area contributed by atoms with Crippen LogP contribution in [0.15, 0.2) is 18.2 Å². The normalized spacial score (nSPS) is 13.0. The number of amides is 1. The number of primary amides is 1. The highest BCUT2D eigenvalue weighted by atomic mass is 35.5. The second-order valence-electron chi connectivity index (χ2n) is 3.83. The second-order valence-corrected chi connectivity index (χ2v) is 6.74. The molecule has 0 saturated carbocycles. The molecule has 0 aromatic heterocycles. The van der Waals surface area contributed by atoms with E-state index in [1.165, 1.54) is 18.2 Å². The number of carbonyl (C=O) groups excluding carboxylic acids is 1. The summed E-state index contributed by atoms with van der Waals surface area (Å²) in [5, 5.41) is 0.539.